The molecule has 1 aliphatic carbocycles. The highest BCUT2D eigenvalue weighted by Crippen LogP contribution is 2.51. The third-order valence-corrected chi connectivity index (χ3v) is 2.47. The molecule has 0 radical (unpaired) electrons. The van der Waals surface area contributed by atoms with Gasteiger partial charge in [-0.1, -0.05) is 0 Å². The van der Waals surface area contributed by atoms with E-state index in [4.69, 9.17) is 10.8 Å². The minimum atomic E-state index is -3.19. The highest BCUT2D eigenvalue weighted by Gasteiger charge is 2.62. The van der Waals surface area contributed by atoms with Crippen molar-refractivity contribution in [3.63, 3.8) is 0 Å². The van der Waals surface area contributed by atoms with E-state index in [1.165, 1.54) is 0 Å². The van der Waals surface area contributed by atoms with Crippen molar-refractivity contribution in [2.45, 2.75) is 31.7 Å². The summed E-state index contributed by atoms with van der Waals surface area (Å²) < 4.78 is 25.6. The highest BCUT2D eigenvalue weighted by molar-refractivity contribution is 5.77. The van der Waals surface area contributed by atoms with Crippen LogP contribution in [-0.2, 0) is 4.79 Å². The van der Waals surface area contributed by atoms with Crippen molar-refractivity contribution in [1.82, 2.24) is 0 Å². The molecule has 1 saturated carbocycles. The maximum absolute atomic E-state index is 12.8. The summed E-state index contributed by atoms with van der Waals surface area (Å²) in [5.41, 5.74) is 3.38. The van der Waals surface area contributed by atoms with Crippen LogP contribution in [0.5, 0.6) is 0 Å². The Labute approximate surface area is 68.5 Å². The van der Waals surface area contributed by atoms with Crippen LogP contribution < -0.4 is 5.73 Å². The van der Waals surface area contributed by atoms with Crippen LogP contribution in [0.1, 0.15) is 19.8 Å². The van der Waals surface area contributed by atoms with Gasteiger partial charge in [0.05, 0.1) is 0 Å². The van der Waals surface area contributed by atoms with Gasteiger partial charge in [0.15, 0.2) is 0 Å². The molecular formula is C7H11F2NO2. The van der Waals surface area contributed by atoms with Crippen LogP contribution in [0, 0.1) is 5.41 Å². The number of nitrogens with two attached hydrogens (primary N) is 1. The van der Waals surface area contributed by atoms with Gasteiger partial charge >= 0.3 is 5.97 Å². The zero-order chi connectivity index (χ0) is 9.57. The fourth-order valence-electron chi connectivity index (χ4n) is 1.56. The fraction of sp³-hybridized carbons (Fsp3) is 0.857. The summed E-state index contributed by atoms with van der Waals surface area (Å²) in [7, 11) is 0. The van der Waals surface area contributed by atoms with Crippen LogP contribution in [0.25, 0.3) is 0 Å². The van der Waals surface area contributed by atoms with E-state index >= 15 is 0 Å². The molecule has 0 atom stereocenters. The van der Waals surface area contributed by atoms with E-state index in [9.17, 15) is 13.6 Å². The first-order valence-electron chi connectivity index (χ1n) is 3.66. The fourth-order valence-corrected chi connectivity index (χ4v) is 1.56. The molecule has 12 heavy (non-hydrogen) atoms. The monoisotopic (exact) mass is 179 g/mol. The first-order chi connectivity index (χ1) is 5.29. The summed E-state index contributed by atoms with van der Waals surface area (Å²) >= 11 is 0. The molecule has 0 aromatic heterocycles. The van der Waals surface area contributed by atoms with Gasteiger partial charge in [-0.3, -0.25) is 4.79 Å². The van der Waals surface area contributed by atoms with Crippen molar-refractivity contribution in [2.24, 2.45) is 11.1 Å². The molecule has 0 unspecified atom stereocenters. The van der Waals surface area contributed by atoms with Crippen molar-refractivity contribution >= 4 is 5.97 Å². The van der Waals surface area contributed by atoms with Gasteiger partial charge in [-0.25, -0.2) is 8.78 Å². The van der Waals surface area contributed by atoms with Gasteiger partial charge in [0.1, 0.15) is 5.41 Å². The summed E-state index contributed by atoms with van der Waals surface area (Å²) in [5, 5.41) is 8.60. The van der Waals surface area contributed by atoms with Crippen molar-refractivity contribution in [3.8, 4) is 0 Å². The summed E-state index contributed by atoms with van der Waals surface area (Å²) in [5.74, 6) is -4.63. The molecule has 70 valence electrons. The van der Waals surface area contributed by atoms with Gasteiger partial charge in [-0.05, 0) is 12.8 Å². The number of aliphatic carboxylic acids is 1. The lowest BCUT2D eigenvalue weighted by molar-refractivity contribution is -0.194. The smallest absolute Gasteiger partial charge is 0.315 e. The number of alkyl halides is 2. The van der Waals surface area contributed by atoms with Crippen molar-refractivity contribution in [2.75, 3.05) is 0 Å². The van der Waals surface area contributed by atoms with Crippen molar-refractivity contribution in [1.29, 1.82) is 0 Å². The van der Waals surface area contributed by atoms with Gasteiger partial charge in [0, 0.05) is 13.0 Å². The zero-order valence-electron chi connectivity index (χ0n) is 6.68. The Morgan fingerprint density at radius 2 is 2.08 bits per heavy atom. The van der Waals surface area contributed by atoms with E-state index in [-0.39, 0.29) is 12.8 Å². The molecule has 1 fully saturated rings. The predicted molar refractivity (Wildman–Crippen MR) is 37.9 cm³/mol. The van der Waals surface area contributed by atoms with Crippen LogP contribution in [0.15, 0.2) is 0 Å². The third-order valence-electron chi connectivity index (χ3n) is 2.47. The van der Waals surface area contributed by atoms with E-state index in [2.05, 4.69) is 0 Å². The maximum Gasteiger partial charge on any atom is 0.315 e. The molecule has 0 heterocycles. The predicted octanol–water partition coefficient (Wildman–Crippen LogP) is 0.834. The molecule has 5 heteroatoms. The van der Waals surface area contributed by atoms with Gasteiger partial charge in [0.25, 0.3) is 5.92 Å². The molecule has 0 bridgehead atoms. The molecule has 0 aliphatic heterocycles. The Hall–Kier alpha value is -0.710. The number of halogens is 2. The molecule has 1 aliphatic rings. The van der Waals surface area contributed by atoms with Crippen molar-refractivity contribution in [3.05, 3.63) is 0 Å². The Kier molecular flexibility index (Phi) is 1.87. The summed E-state index contributed by atoms with van der Waals surface area (Å²) in [6, 6.07) is -0.396. The molecule has 3 nitrogen and oxygen atoms in total. The molecule has 1 rings (SSSR count). The SMILES string of the molecule is CC(F)(F)C1(C(=O)O)CC(N)C1. The van der Waals surface area contributed by atoms with Crippen LogP contribution in [0.4, 0.5) is 8.78 Å². The molecule has 0 aromatic carbocycles. The van der Waals surface area contributed by atoms with Crippen LogP contribution in [-0.4, -0.2) is 23.0 Å². The average Bonchev–Trinajstić information content (AvgIpc) is 1.76. The van der Waals surface area contributed by atoms with Crippen LogP contribution in [0.2, 0.25) is 0 Å². The Balaban J connectivity index is 2.84. The first kappa shape index (κ1) is 9.38. The number of rotatable bonds is 2. The van der Waals surface area contributed by atoms with E-state index in [0.717, 1.165) is 0 Å². The Morgan fingerprint density at radius 3 is 2.17 bits per heavy atom. The minimum absolute atomic E-state index is 0.133. The lowest BCUT2D eigenvalue weighted by atomic mass is 9.62. The second-order valence-corrected chi connectivity index (χ2v) is 3.44. The molecule has 0 saturated heterocycles. The number of carbonyl (C=O) groups is 1. The van der Waals surface area contributed by atoms with E-state index in [0.29, 0.717) is 6.92 Å². The topological polar surface area (TPSA) is 63.3 Å². The Morgan fingerprint density at radius 1 is 1.67 bits per heavy atom. The van der Waals surface area contributed by atoms with Gasteiger partial charge in [-0.2, -0.15) is 0 Å². The standard InChI is InChI=1S/C7H11F2NO2/c1-6(8,9)7(5(11)12)2-4(10)3-7/h4H,2-3,10H2,1H3,(H,11,12). The maximum atomic E-state index is 12.8. The minimum Gasteiger partial charge on any atom is -0.481 e. The van der Waals surface area contributed by atoms with E-state index < -0.39 is 23.3 Å². The molecular weight excluding hydrogens is 168 g/mol. The summed E-state index contributed by atoms with van der Waals surface area (Å²) in [6.45, 7) is 0.632. The largest absolute Gasteiger partial charge is 0.481 e. The normalized spacial score (nSPS) is 35.8. The molecule has 3 N–H and O–H groups in total. The van der Waals surface area contributed by atoms with Gasteiger partial charge in [-0.15, -0.1) is 0 Å². The average molecular weight is 179 g/mol. The Bertz CT molecular complexity index is 206. The van der Waals surface area contributed by atoms with Crippen molar-refractivity contribution < 1.29 is 18.7 Å². The van der Waals surface area contributed by atoms with E-state index in [1.54, 1.807) is 0 Å². The molecule has 0 spiro atoms. The second-order valence-electron chi connectivity index (χ2n) is 3.44. The van der Waals surface area contributed by atoms with Crippen LogP contribution in [0.3, 0.4) is 0 Å². The van der Waals surface area contributed by atoms with Crippen LogP contribution >= 0.6 is 0 Å². The number of hydrogen-bond acceptors (Lipinski definition) is 2. The summed E-state index contributed by atoms with van der Waals surface area (Å²) in [6.07, 6.45) is -0.266. The highest BCUT2D eigenvalue weighted by atomic mass is 19.3. The lowest BCUT2D eigenvalue weighted by Gasteiger charge is -2.45. The second kappa shape index (κ2) is 2.39. The number of carboxylic acids is 1. The third kappa shape index (κ3) is 1.08. The molecule has 0 amide bonds. The molecule has 0 aromatic rings. The van der Waals surface area contributed by atoms with Gasteiger partial charge < -0.3 is 10.8 Å². The van der Waals surface area contributed by atoms with Gasteiger partial charge in [0.2, 0.25) is 0 Å². The number of carboxylic acid groups (broad SMARTS) is 1. The first-order valence-corrected chi connectivity index (χ1v) is 3.66. The lowest BCUT2D eigenvalue weighted by Crippen LogP contribution is -2.59. The summed E-state index contributed by atoms with van der Waals surface area (Å²) in [4.78, 5) is 10.6. The van der Waals surface area contributed by atoms with E-state index in [1.807, 2.05) is 0 Å². The quantitative estimate of drug-likeness (QED) is 0.660. The number of hydrogen-bond donors (Lipinski definition) is 2. The zero-order valence-corrected chi connectivity index (χ0v) is 6.68.